The molecular weight excluding hydrogens is 236 g/mol. The van der Waals surface area contributed by atoms with Gasteiger partial charge in [-0.15, -0.1) is 0 Å². The van der Waals surface area contributed by atoms with E-state index in [0.29, 0.717) is 23.6 Å². The molecule has 0 aromatic carbocycles. The maximum absolute atomic E-state index is 11.7. The zero-order chi connectivity index (χ0) is 11.9. The van der Waals surface area contributed by atoms with Crippen molar-refractivity contribution in [3.05, 3.63) is 0 Å². The molecule has 3 aliphatic heterocycles. The van der Waals surface area contributed by atoms with Crippen LogP contribution in [0.1, 0.15) is 25.7 Å². The van der Waals surface area contributed by atoms with Crippen molar-refractivity contribution < 1.29 is 8.42 Å². The number of hydrogen-bond donors (Lipinski definition) is 1. The topological polar surface area (TPSA) is 49.4 Å². The second-order valence-electron chi connectivity index (χ2n) is 5.83. The first-order valence-electron chi connectivity index (χ1n) is 6.82. The summed E-state index contributed by atoms with van der Waals surface area (Å²) in [6.07, 6.45) is 4.51. The third-order valence-electron chi connectivity index (χ3n) is 4.58. The number of fused-ring (bicyclic) bond motifs is 1. The summed E-state index contributed by atoms with van der Waals surface area (Å²) in [6, 6.07) is 0.912. The number of nitrogens with one attached hydrogen (secondary N) is 1. The summed E-state index contributed by atoms with van der Waals surface area (Å²) in [7, 11) is -2.76. The molecule has 3 rings (SSSR count). The fraction of sp³-hybridized carbons (Fsp3) is 1.00. The van der Waals surface area contributed by atoms with E-state index >= 15 is 0 Å². The summed E-state index contributed by atoms with van der Waals surface area (Å²) < 4.78 is 23.4. The maximum atomic E-state index is 11.7. The van der Waals surface area contributed by atoms with E-state index in [9.17, 15) is 8.42 Å². The number of rotatable bonds is 1. The second kappa shape index (κ2) is 4.52. The molecule has 3 unspecified atom stereocenters. The summed E-state index contributed by atoms with van der Waals surface area (Å²) in [5.41, 5.74) is 0. The van der Waals surface area contributed by atoms with Gasteiger partial charge in [-0.3, -0.25) is 4.90 Å². The van der Waals surface area contributed by atoms with Gasteiger partial charge in [0.1, 0.15) is 0 Å². The first-order chi connectivity index (χ1) is 8.14. The molecule has 98 valence electrons. The molecule has 0 aromatic rings. The highest BCUT2D eigenvalue weighted by Gasteiger charge is 2.39. The molecule has 3 atom stereocenters. The zero-order valence-electron chi connectivity index (χ0n) is 10.3. The van der Waals surface area contributed by atoms with Gasteiger partial charge < -0.3 is 5.32 Å². The summed E-state index contributed by atoms with van der Waals surface area (Å²) in [5, 5.41) is 3.58. The number of nitrogens with zero attached hydrogens (tertiary/aromatic N) is 1. The average molecular weight is 258 g/mol. The van der Waals surface area contributed by atoms with Crippen LogP contribution in [0.3, 0.4) is 0 Å². The van der Waals surface area contributed by atoms with E-state index in [4.69, 9.17) is 0 Å². The fourth-order valence-corrected chi connectivity index (χ4v) is 5.40. The normalized spacial score (nSPS) is 42.2. The summed E-state index contributed by atoms with van der Waals surface area (Å²) >= 11 is 0. The van der Waals surface area contributed by atoms with Crippen molar-refractivity contribution in [1.82, 2.24) is 10.2 Å². The van der Waals surface area contributed by atoms with Crippen LogP contribution in [0.4, 0.5) is 0 Å². The molecule has 3 aliphatic rings. The van der Waals surface area contributed by atoms with Crippen LogP contribution < -0.4 is 5.32 Å². The van der Waals surface area contributed by atoms with Crippen molar-refractivity contribution >= 4 is 9.84 Å². The molecule has 3 fully saturated rings. The van der Waals surface area contributed by atoms with Crippen LogP contribution in [0.5, 0.6) is 0 Å². The lowest BCUT2D eigenvalue weighted by Crippen LogP contribution is -2.44. The number of likely N-dealkylation sites (tertiary alicyclic amines) is 1. The van der Waals surface area contributed by atoms with Crippen molar-refractivity contribution in [2.24, 2.45) is 5.92 Å². The summed E-state index contributed by atoms with van der Waals surface area (Å²) in [6.45, 7) is 3.31. The van der Waals surface area contributed by atoms with Crippen molar-refractivity contribution in [2.75, 3.05) is 31.1 Å². The summed E-state index contributed by atoms with van der Waals surface area (Å²) in [5.74, 6) is 1.56. The first-order valence-corrected chi connectivity index (χ1v) is 8.64. The molecule has 3 heterocycles. The van der Waals surface area contributed by atoms with Gasteiger partial charge in [-0.25, -0.2) is 8.42 Å². The number of piperidine rings is 1. The predicted molar refractivity (Wildman–Crippen MR) is 67.8 cm³/mol. The van der Waals surface area contributed by atoms with Crippen molar-refractivity contribution in [1.29, 1.82) is 0 Å². The predicted octanol–water partition coefficient (Wildman–Crippen LogP) is 0.247. The molecular formula is C12H22N2O2S. The van der Waals surface area contributed by atoms with Crippen LogP contribution >= 0.6 is 0 Å². The Morgan fingerprint density at radius 2 is 2.00 bits per heavy atom. The Bertz CT molecular complexity index is 368. The minimum atomic E-state index is -2.76. The van der Waals surface area contributed by atoms with E-state index in [-0.39, 0.29) is 0 Å². The SMILES string of the molecule is O=S1(=O)CCCC(N2CC3CCCNC3C2)C1. The van der Waals surface area contributed by atoms with Gasteiger partial charge in [-0.1, -0.05) is 0 Å². The lowest BCUT2D eigenvalue weighted by molar-refractivity contribution is 0.232. The molecule has 0 saturated carbocycles. The van der Waals surface area contributed by atoms with Gasteiger partial charge in [-0.2, -0.15) is 0 Å². The lowest BCUT2D eigenvalue weighted by Gasteiger charge is -2.30. The molecule has 0 spiro atoms. The Kier molecular flexibility index (Phi) is 3.17. The Morgan fingerprint density at radius 3 is 2.76 bits per heavy atom. The summed E-state index contributed by atoms with van der Waals surface area (Å²) in [4.78, 5) is 2.43. The highest BCUT2D eigenvalue weighted by atomic mass is 32.2. The Labute approximate surface area is 104 Å². The average Bonchev–Trinajstić information content (AvgIpc) is 2.71. The van der Waals surface area contributed by atoms with Crippen LogP contribution in [0.2, 0.25) is 0 Å². The molecule has 0 bridgehead atoms. The molecule has 5 heteroatoms. The molecule has 17 heavy (non-hydrogen) atoms. The Morgan fingerprint density at radius 1 is 1.12 bits per heavy atom. The van der Waals surface area contributed by atoms with Gasteiger partial charge >= 0.3 is 0 Å². The molecule has 0 radical (unpaired) electrons. The van der Waals surface area contributed by atoms with E-state index in [0.717, 1.165) is 38.4 Å². The molecule has 0 aliphatic carbocycles. The highest BCUT2D eigenvalue weighted by molar-refractivity contribution is 7.91. The van der Waals surface area contributed by atoms with Gasteiger partial charge in [0.25, 0.3) is 0 Å². The molecule has 0 aromatic heterocycles. The molecule has 3 saturated heterocycles. The monoisotopic (exact) mass is 258 g/mol. The standard InChI is InChI=1S/C12H22N2O2S/c15-17(16)6-2-4-11(9-17)14-7-10-3-1-5-13-12(10)8-14/h10-13H,1-9H2. The number of sulfone groups is 1. The van der Waals surface area contributed by atoms with Crippen LogP contribution in [-0.4, -0.2) is 56.5 Å². The third-order valence-corrected chi connectivity index (χ3v) is 6.39. The largest absolute Gasteiger partial charge is 0.312 e. The smallest absolute Gasteiger partial charge is 0.151 e. The van der Waals surface area contributed by atoms with Crippen LogP contribution in [-0.2, 0) is 9.84 Å². The zero-order valence-corrected chi connectivity index (χ0v) is 11.1. The highest BCUT2D eigenvalue weighted by Crippen LogP contribution is 2.29. The first kappa shape index (κ1) is 11.9. The maximum Gasteiger partial charge on any atom is 0.151 e. The van der Waals surface area contributed by atoms with Gasteiger partial charge in [-0.05, 0) is 38.1 Å². The minimum Gasteiger partial charge on any atom is -0.312 e. The van der Waals surface area contributed by atoms with Crippen molar-refractivity contribution in [2.45, 2.75) is 37.8 Å². The van der Waals surface area contributed by atoms with E-state index in [1.165, 1.54) is 12.8 Å². The van der Waals surface area contributed by atoms with E-state index < -0.39 is 9.84 Å². The quantitative estimate of drug-likeness (QED) is 0.732. The van der Waals surface area contributed by atoms with E-state index in [2.05, 4.69) is 10.2 Å². The van der Waals surface area contributed by atoms with Gasteiger partial charge in [0.05, 0.1) is 11.5 Å². The van der Waals surface area contributed by atoms with Gasteiger partial charge in [0.2, 0.25) is 0 Å². The van der Waals surface area contributed by atoms with E-state index in [1.807, 2.05) is 0 Å². The minimum absolute atomic E-state index is 0.293. The lowest BCUT2D eigenvalue weighted by atomic mass is 9.94. The second-order valence-corrected chi connectivity index (χ2v) is 8.06. The van der Waals surface area contributed by atoms with Crippen LogP contribution in [0.15, 0.2) is 0 Å². The molecule has 1 N–H and O–H groups in total. The van der Waals surface area contributed by atoms with Crippen molar-refractivity contribution in [3.8, 4) is 0 Å². The van der Waals surface area contributed by atoms with Gasteiger partial charge in [0, 0.05) is 25.2 Å². The molecule has 4 nitrogen and oxygen atoms in total. The number of hydrogen-bond acceptors (Lipinski definition) is 4. The van der Waals surface area contributed by atoms with E-state index in [1.54, 1.807) is 0 Å². The molecule has 0 amide bonds. The van der Waals surface area contributed by atoms with Crippen LogP contribution in [0, 0.1) is 5.92 Å². The Hall–Kier alpha value is -0.130. The van der Waals surface area contributed by atoms with Crippen LogP contribution in [0.25, 0.3) is 0 Å². The van der Waals surface area contributed by atoms with Gasteiger partial charge in [0.15, 0.2) is 9.84 Å². The third kappa shape index (κ3) is 2.51. The van der Waals surface area contributed by atoms with Crippen molar-refractivity contribution in [3.63, 3.8) is 0 Å². The Balaban J connectivity index is 1.65. The fourth-order valence-electron chi connectivity index (χ4n) is 3.66.